The number of hydrogen-bond acceptors (Lipinski definition) is 1. The van der Waals surface area contributed by atoms with Crippen molar-refractivity contribution in [3.63, 3.8) is 0 Å². The highest BCUT2D eigenvalue weighted by atomic mass is 16.3. The number of fused-ring (bicyclic) bond motifs is 5. The Bertz CT molecular complexity index is 607. The summed E-state index contributed by atoms with van der Waals surface area (Å²) in [7, 11) is 0. The molecule has 0 aromatic carbocycles. The monoisotopic (exact) mass is 414 g/mol. The highest BCUT2D eigenvalue weighted by molar-refractivity contribution is 5.15. The second-order valence-electron chi connectivity index (χ2n) is 12.8. The molecule has 4 aliphatic carbocycles. The second-order valence-corrected chi connectivity index (χ2v) is 12.8. The van der Waals surface area contributed by atoms with Gasteiger partial charge in [-0.25, -0.2) is 0 Å². The predicted molar refractivity (Wildman–Crippen MR) is 128 cm³/mol. The molecule has 0 saturated heterocycles. The summed E-state index contributed by atoms with van der Waals surface area (Å²) in [5.41, 5.74) is 1.09. The molecule has 0 bridgehead atoms. The first kappa shape index (κ1) is 22.9. The fourth-order valence-corrected chi connectivity index (χ4v) is 9.45. The lowest BCUT2D eigenvalue weighted by atomic mass is 9.45. The van der Waals surface area contributed by atoms with Gasteiger partial charge in [0.2, 0.25) is 0 Å². The van der Waals surface area contributed by atoms with E-state index in [4.69, 9.17) is 0 Å². The predicted octanol–water partition coefficient (Wildman–Crippen LogP) is 7.88. The molecule has 1 nitrogen and oxygen atoms in total. The highest BCUT2D eigenvalue weighted by Crippen LogP contribution is 2.67. The zero-order chi connectivity index (χ0) is 21.5. The quantitative estimate of drug-likeness (QED) is 0.420. The lowest BCUT2D eigenvalue weighted by Crippen LogP contribution is -2.52. The fraction of sp³-hybridized carbons (Fsp3) is 0.931. The van der Waals surface area contributed by atoms with Gasteiger partial charge in [-0.3, -0.25) is 0 Å². The third-order valence-corrected chi connectivity index (χ3v) is 11.3. The summed E-state index contributed by atoms with van der Waals surface area (Å²) < 4.78 is 0. The van der Waals surface area contributed by atoms with E-state index < -0.39 is 0 Å². The van der Waals surface area contributed by atoms with Gasteiger partial charge in [0.25, 0.3) is 0 Å². The van der Waals surface area contributed by atoms with Crippen LogP contribution in [0.4, 0.5) is 0 Å². The van der Waals surface area contributed by atoms with Gasteiger partial charge in [-0.2, -0.15) is 0 Å². The van der Waals surface area contributed by atoms with Crippen LogP contribution >= 0.6 is 0 Å². The molecule has 4 rings (SSSR count). The lowest BCUT2D eigenvalue weighted by molar-refractivity contribution is -0.0847. The summed E-state index contributed by atoms with van der Waals surface area (Å²) >= 11 is 0. The van der Waals surface area contributed by atoms with E-state index in [9.17, 15) is 5.11 Å². The van der Waals surface area contributed by atoms with Crippen molar-refractivity contribution in [2.75, 3.05) is 6.61 Å². The Kier molecular flexibility index (Phi) is 6.80. The van der Waals surface area contributed by atoms with Crippen LogP contribution in [0.5, 0.6) is 0 Å². The molecule has 4 aliphatic rings. The molecule has 0 radical (unpaired) electrons. The normalized spacial score (nSPS) is 45.0. The average Bonchev–Trinajstić information content (AvgIpc) is 3.07. The standard InChI is InChI=1S/C29H50O/c1-20(2)22(16-19-30)10-9-21(3)25-13-14-26-24-12-11-23-8-6-7-17-28(23,4)27(24)15-18-29(25,26)5/h7,17,20-27,30H,6,8-16,18-19H2,1-5H3/t21?,22?,23?,24-,25+,26-,27-,28-,29+/m0/s1. The topological polar surface area (TPSA) is 20.2 Å². The van der Waals surface area contributed by atoms with Gasteiger partial charge in [0, 0.05) is 6.61 Å². The van der Waals surface area contributed by atoms with E-state index in [0.29, 0.717) is 29.3 Å². The average molecular weight is 415 g/mol. The molecule has 0 heterocycles. The lowest BCUT2D eigenvalue weighted by Gasteiger charge is -2.59. The number of aliphatic hydroxyl groups excluding tert-OH is 1. The minimum absolute atomic E-state index is 0.359. The number of rotatable bonds is 7. The van der Waals surface area contributed by atoms with Gasteiger partial charge < -0.3 is 5.11 Å². The first-order valence-corrected chi connectivity index (χ1v) is 13.6. The molecule has 0 amide bonds. The summed E-state index contributed by atoms with van der Waals surface area (Å²) in [5.74, 6) is 7.06. The Labute approximate surface area is 187 Å². The van der Waals surface area contributed by atoms with Crippen molar-refractivity contribution < 1.29 is 5.11 Å². The van der Waals surface area contributed by atoms with Crippen molar-refractivity contribution in [3.05, 3.63) is 12.2 Å². The SMILES string of the molecule is CC(C)C(CCO)CCC(C)[C@H]1CC[C@H]2[C@@H]3CCC4CCC=C[C@]4(C)[C@H]3CC[C@]12C. The second kappa shape index (κ2) is 8.92. The first-order valence-electron chi connectivity index (χ1n) is 13.6. The largest absolute Gasteiger partial charge is 0.396 e. The molecule has 30 heavy (non-hydrogen) atoms. The molecule has 1 heteroatoms. The summed E-state index contributed by atoms with van der Waals surface area (Å²) in [5, 5.41) is 9.47. The first-order chi connectivity index (χ1) is 14.3. The van der Waals surface area contributed by atoms with Crippen LogP contribution in [0.2, 0.25) is 0 Å². The van der Waals surface area contributed by atoms with Crippen LogP contribution in [0.1, 0.15) is 105 Å². The zero-order valence-corrected chi connectivity index (χ0v) is 20.7. The van der Waals surface area contributed by atoms with Crippen molar-refractivity contribution in [1.29, 1.82) is 0 Å². The number of aliphatic hydroxyl groups is 1. The van der Waals surface area contributed by atoms with Gasteiger partial charge in [-0.1, -0.05) is 53.2 Å². The summed E-state index contributed by atoms with van der Waals surface area (Å²) in [4.78, 5) is 0. The van der Waals surface area contributed by atoms with E-state index in [1.165, 1.54) is 64.2 Å². The minimum Gasteiger partial charge on any atom is -0.396 e. The molecule has 0 aromatic rings. The Morgan fingerprint density at radius 1 is 0.900 bits per heavy atom. The molecule has 3 saturated carbocycles. The molecule has 0 spiro atoms. The van der Waals surface area contributed by atoms with Crippen molar-refractivity contribution >= 4 is 0 Å². The fourth-order valence-electron chi connectivity index (χ4n) is 9.45. The molecule has 9 atom stereocenters. The smallest absolute Gasteiger partial charge is 0.0433 e. The summed E-state index contributed by atoms with van der Waals surface area (Å²) in [6.45, 7) is 13.0. The van der Waals surface area contributed by atoms with Crippen LogP contribution in [0.3, 0.4) is 0 Å². The maximum atomic E-state index is 9.47. The van der Waals surface area contributed by atoms with Crippen LogP contribution in [-0.4, -0.2) is 11.7 Å². The molecule has 0 aliphatic heterocycles. The Morgan fingerprint density at radius 3 is 2.43 bits per heavy atom. The third kappa shape index (κ3) is 3.84. The molecule has 1 N–H and O–H groups in total. The molecule has 0 aromatic heterocycles. The van der Waals surface area contributed by atoms with Crippen molar-refractivity contribution in [2.45, 2.75) is 105 Å². The summed E-state index contributed by atoms with van der Waals surface area (Å²) in [6.07, 6.45) is 20.6. The van der Waals surface area contributed by atoms with Crippen LogP contribution in [0.25, 0.3) is 0 Å². The number of allylic oxidation sites excluding steroid dienone is 2. The molecule has 3 unspecified atom stereocenters. The Hall–Kier alpha value is -0.300. The van der Waals surface area contributed by atoms with Crippen LogP contribution in [-0.2, 0) is 0 Å². The van der Waals surface area contributed by atoms with E-state index in [-0.39, 0.29) is 0 Å². The third-order valence-electron chi connectivity index (χ3n) is 11.3. The van der Waals surface area contributed by atoms with Gasteiger partial charge >= 0.3 is 0 Å². The summed E-state index contributed by atoms with van der Waals surface area (Å²) in [6, 6.07) is 0. The maximum absolute atomic E-state index is 9.47. The van der Waals surface area contributed by atoms with E-state index >= 15 is 0 Å². The van der Waals surface area contributed by atoms with Gasteiger partial charge in [-0.05, 0) is 122 Å². The van der Waals surface area contributed by atoms with Gasteiger partial charge in [0.15, 0.2) is 0 Å². The Morgan fingerprint density at radius 2 is 1.70 bits per heavy atom. The van der Waals surface area contributed by atoms with E-state index in [2.05, 4.69) is 46.8 Å². The van der Waals surface area contributed by atoms with Crippen LogP contribution in [0.15, 0.2) is 12.2 Å². The Balaban J connectivity index is 1.44. The van der Waals surface area contributed by atoms with Crippen LogP contribution in [0, 0.1) is 58.2 Å². The van der Waals surface area contributed by atoms with Gasteiger partial charge in [0.1, 0.15) is 0 Å². The molecule has 172 valence electrons. The maximum Gasteiger partial charge on any atom is 0.0433 e. The highest BCUT2D eigenvalue weighted by Gasteiger charge is 2.59. The molecular formula is C29H50O. The zero-order valence-electron chi connectivity index (χ0n) is 20.7. The van der Waals surface area contributed by atoms with Crippen LogP contribution < -0.4 is 0 Å². The van der Waals surface area contributed by atoms with E-state index in [0.717, 1.165) is 41.9 Å². The van der Waals surface area contributed by atoms with E-state index in [1.807, 2.05) is 0 Å². The molecular weight excluding hydrogens is 364 g/mol. The minimum atomic E-state index is 0.359. The molecule has 3 fully saturated rings. The number of hydrogen-bond donors (Lipinski definition) is 1. The van der Waals surface area contributed by atoms with Gasteiger partial charge in [-0.15, -0.1) is 0 Å². The van der Waals surface area contributed by atoms with Crippen molar-refractivity contribution in [2.24, 2.45) is 58.2 Å². The van der Waals surface area contributed by atoms with Gasteiger partial charge in [0.05, 0.1) is 0 Å². The van der Waals surface area contributed by atoms with Crippen molar-refractivity contribution in [1.82, 2.24) is 0 Å². The van der Waals surface area contributed by atoms with Crippen molar-refractivity contribution in [3.8, 4) is 0 Å². The van der Waals surface area contributed by atoms with E-state index in [1.54, 1.807) is 0 Å².